The molecule has 0 saturated carbocycles. The summed E-state index contributed by atoms with van der Waals surface area (Å²) in [6.45, 7) is 1.46. The molecule has 0 fully saturated rings. The Morgan fingerprint density at radius 2 is 1.63 bits per heavy atom. The lowest BCUT2D eigenvalue weighted by atomic mass is 10.2. The zero-order chi connectivity index (χ0) is 20.5. The Labute approximate surface area is 178 Å². The maximum absolute atomic E-state index is 13.3. The van der Waals surface area contributed by atoms with Crippen LogP contribution < -0.4 is 9.80 Å². The first-order valence-electron chi connectivity index (χ1n) is 9.97. The van der Waals surface area contributed by atoms with Crippen molar-refractivity contribution in [3.05, 3.63) is 65.7 Å². The Balaban J connectivity index is 1.45. The summed E-state index contributed by atoms with van der Waals surface area (Å²) >= 11 is 1.57. The lowest BCUT2D eigenvalue weighted by Gasteiger charge is -2.22. The summed E-state index contributed by atoms with van der Waals surface area (Å²) in [6, 6.07) is 17.8. The number of nitrogens with zero attached hydrogens (tertiary/aromatic N) is 5. The first kappa shape index (κ1) is 18.7. The summed E-state index contributed by atoms with van der Waals surface area (Å²) in [5.41, 5.74) is 3.49. The van der Waals surface area contributed by atoms with Crippen molar-refractivity contribution in [2.24, 2.45) is 0 Å². The third-order valence-electron chi connectivity index (χ3n) is 5.23. The predicted molar refractivity (Wildman–Crippen MR) is 121 cm³/mol. The maximum Gasteiger partial charge on any atom is 0.234 e. The van der Waals surface area contributed by atoms with Crippen molar-refractivity contribution in [2.75, 3.05) is 29.9 Å². The van der Waals surface area contributed by atoms with Gasteiger partial charge < -0.3 is 4.90 Å². The number of carbonyl (C=O) groups excluding carboxylic acids is 1. The third kappa shape index (κ3) is 3.52. The molecule has 0 aliphatic carbocycles. The van der Waals surface area contributed by atoms with Gasteiger partial charge in [-0.1, -0.05) is 42.5 Å². The van der Waals surface area contributed by atoms with Crippen LogP contribution in [0.1, 0.15) is 12.1 Å². The summed E-state index contributed by atoms with van der Waals surface area (Å²) in [5.74, 6) is 1.39. The quantitative estimate of drug-likeness (QED) is 0.503. The summed E-state index contributed by atoms with van der Waals surface area (Å²) in [4.78, 5) is 31.4. The van der Waals surface area contributed by atoms with Crippen LogP contribution in [0.5, 0.6) is 0 Å². The van der Waals surface area contributed by atoms with Gasteiger partial charge >= 0.3 is 0 Å². The number of rotatable bonds is 3. The number of thiazole rings is 1. The SMILES string of the molecule is CN1CCCN(C(=O)Cc2csc(-c3ccccc3)n2)c2nc3ccccc3nc21. The van der Waals surface area contributed by atoms with Gasteiger partial charge in [0.05, 0.1) is 23.1 Å². The van der Waals surface area contributed by atoms with Crippen LogP contribution in [0.15, 0.2) is 60.0 Å². The number of para-hydroxylation sites is 2. The molecule has 1 aliphatic rings. The molecule has 0 bridgehead atoms. The van der Waals surface area contributed by atoms with Gasteiger partial charge in [0, 0.05) is 31.1 Å². The normalized spacial score (nSPS) is 13.9. The lowest BCUT2D eigenvalue weighted by Crippen LogP contribution is -2.33. The van der Waals surface area contributed by atoms with E-state index in [1.807, 2.05) is 67.0 Å². The molecule has 4 aromatic rings. The summed E-state index contributed by atoms with van der Waals surface area (Å²) in [7, 11) is 2.00. The van der Waals surface area contributed by atoms with E-state index in [2.05, 4.69) is 9.88 Å². The Hall–Kier alpha value is -3.32. The van der Waals surface area contributed by atoms with E-state index in [1.165, 1.54) is 0 Å². The number of hydrogen-bond acceptors (Lipinski definition) is 6. The highest BCUT2D eigenvalue weighted by Crippen LogP contribution is 2.31. The molecule has 0 saturated heterocycles. The zero-order valence-corrected chi connectivity index (χ0v) is 17.5. The molecule has 0 radical (unpaired) electrons. The molecule has 7 heteroatoms. The average Bonchev–Trinajstić information content (AvgIpc) is 3.18. The number of benzene rings is 2. The zero-order valence-electron chi connectivity index (χ0n) is 16.7. The van der Waals surface area contributed by atoms with Crippen LogP contribution in [-0.2, 0) is 11.2 Å². The van der Waals surface area contributed by atoms with Crippen LogP contribution in [0.4, 0.5) is 11.6 Å². The fourth-order valence-electron chi connectivity index (χ4n) is 3.69. The molecule has 0 unspecified atom stereocenters. The van der Waals surface area contributed by atoms with E-state index in [0.717, 1.165) is 46.1 Å². The fourth-order valence-corrected chi connectivity index (χ4v) is 4.52. The first-order valence-corrected chi connectivity index (χ1v) is 10.8. The summed E-state index contributed by atoms with van der Waals surface area (Å²) < 4.78 is 0. The van der Waals surface area contributed by atoms with Crippen molar-refractivity contribution in [2.45, 2.75) is 12.8 Å². The molecule has 0 atom stereocenters. The number of hydrogen-bond donors (Lipinski definition) is 0. The molecule has 5 rings (SSSR count). The van der Waals surface area contributed by atoms with Crippen LogP contribution in [0.25, 0.3) is 21.6 Å². The molecule has 0 N–H and O–H groups in total. The van der Waals surface area contributed by atoms with E-state index < -0.39 is 0 Å². The molecule has 2 aromatic heterocycles. The number of fused-ring (bicyclic) bond motifs is 2. The number of amides is 1. The van der Waals surface area contributed by atoms with Crippen LogP contribution in [0.3, 0.4) is 0 Å². The van der Waals surface area contributed by atoms with Crippen molar-refractivity contribution in [3.8, 4) is 10.6 Å². The highest BCUT2D eigenvalue weighted by atomic mass is 32.1. The van der Waals surface area contributed by atoms with Crippen LogP contribution in [-0.4, -0.2) is 41.0 Å². The van der Waals surface area contributed by atoms with Crippen molar-refractivity contribution in [1.29, 1.82) is 0 Å². The van der Waals surface area contributed by atoms with E-state index in [4.69, 9.17) is 9.97 Å². The van der Waals surface area contributed by atoms with Crippen molar-refractivity contribution in [1.82, 2.24) is 15.0 Å². The minimum absolute atomic E-state index is 0.000966. The van der Waals surface area contributed by atoms with Crippen LogP contribution in [0.2, 0.25) is 0 Å². The van der Waals surface area contributed by atoms with Crippen molar-refractivity contribution < 1.29 is 4.79 Å². The van der Waals surface area contributed by atoms with Crippen molar-refractivity contribution in [3.63, 3.8) is 0 Å². The monoisotopic (exact) mass is 415 g/mol. The Kier molecular flexibility index (Phi) is 4.88. The average molecular weight is 416 g/mol. The number of aromatic nitrogens is 3. The molecule has 2 aromatic carbocycles. The number of carbonyl (C=O) groups is 1. The second-order valence-corrected chi connectivity index (χ2v) is 8.22. The molecular weight excluding hydrogens is 394 g/mol. The Morgan fingerprint density at radius 1 is 0.933 bits per heavy atom. The highest BCUT2D eigenvalue weighted by molar-refractivity contribution is 7.13. The van der Waals surface area contributed by atoms with Gasteiger partial charge in [-0.25, -0.2) is 15.0 Å². The lowest BCUT2D eigenvalue weighted by molar-refractivity contribution is -0.118. The van der Waals surface area contributed by atoms with Gasteiger partial charge in [-0.15, -0.1) is 11.3 Å². The molecule has 30 heavy (non-hydrogen) atoms. The Morgan fingerprint density at radius 3 is 2.40 bits per heavy atom. The van der Waals surface area contributed by atoms with Crippen LogP contribution in [0, 0.1) is 0 Å². The van der Waals surface area contributed by atoms with Gasteiger partial charge in [0.25, 0.3) is 0 Å². The van der Waals surface area contributed by atoms with Gasteiger partial charge in [-0.05, 0) is 18.6 Å². The van der Waals surface area contributed by atoms with E-state index in [1.54, 1.807) is 16.2 Å². The van der Waals surface area contributed by atoms with Gasteiger partial charge in [-0.2, -0.15) is 0 Å². The summed E-state index contributed by atoms with van der Waals surface area (Å²) in [6.07, 6.45) is 1.12. The number of anilines is 2. The minimum Gasteiger partial charge on any atom is -0.357 e. The van der Waals surface area contributed by atoms with E-state index >= 15 is 0 Å². The van der Waals surface area contributed by atoms with Crippen LogP contribution >= 0.6 is 11.3 Å². The largest absolute Gasteiger partial charge is 0.357 e. The second kappa shape index (κ2) is 7.84. The van der Waals surface area contributed by atoms with Crippen molar-refractivity contribution >= 4 is 39.9 Å². The van der Waals surface area contributed by atoms with E-state index in [9.17, 15) is 4.79 Å². The van der Waals surface area contributed by atoms with E-state index in [0.29, 0.717) is 12.4 Å². The van der Waals surface area contributed by atoms with E-state index in [-0.39, 0.29) is 12.3 Å². The molecule has 6 nitrogen and oxygen atoms in total. The molecule has 150 valence electrons. The smallest absolute Gasteiger partial charge is 0.234 e. The fraction of sp³-hybridized carbons (Fsp3) is 0.217. The van der Waals surface area contributed by atoms with Gasteiger partial charge in [0.2, 0.25) is 5.91 Å². The predicted octanol–water partition coefficient (Wildman–Crippen LogP) is 4.17. The minimum atomic E-state index is 0.000966. The summed E-state index contributed by atoms with van der Waals surface area (Å²) in [5, 5.41) is 2.90. The molecule has 1 amide bonds. The molecule has 3 heterocycles. The first-order chi connectivity index (χ1) is 14.7. The third-order valence-corrected chi connectivity index (χ3v) is 6.17. The van der Waals surface area contributed by atoms with Gasteiger partial charge in [0.1, 0.15) is 5.01 Å². The highest BCUT2D eigenvalue weighted by Gasteiger charge is 2.27. The maximum atomic E-state index is 13.3. The second-order valence-electron chi connectivity index (χ2n) is 7.37. The topological polar surface area (TPSA) is 62.2 Å². The molecular formula is C23H21N5OS. The Bertz CT molecular complexity index is 1210. The molecule has 0 spiro atoms. The standard InChI is InChI=1S/C23H21N5OS/c1-27-12-7-13-28(22-21(27)25-18-10-5-6-11-19(18)26-22)20(29)14-17-15-30-23(24-17)16-8-3-2-4-9-16/h2-6,8-11,15H,7,12-14H2,1H3. The molecule has 1 aliphatic heterocycles. The van der Waals surface area contributed by atoms with Gasteiger partial charge in [-0.3, -0.25) is 9.69 Å². The van der Waals surface area contributed by atoms with Gasteiger partial charge in [0.15, 0.2) is 11.6 Å².